The van der Waals surface area contributed by atoms with Crippen molar-refractivity contribution in [3.8, 4) is 0 Å². The van der Waals surface area contributed by atoms with Crippen molar-refractivity contribution in [2.24, 2.45) is 0 Å². The molecule has 1 saturated heterocycles. The lowest BCUT2D eigenvalue weighted by molar-refractivity contribution is -0.183. The number of esters is 1. The van der Waals surface area contributed by atoms with Gasteiger partial charge in [0.05, 0.1) is 18.8 Å². The zero-order valence-corrected chi connectivity index (χ0v) is 9.53. The molecule has 0 bridgehead atoms. The molecule has 0 aliphatic carbocycles. The van der Waals surface area contributed by atoms with E-state index >= 15 is 0 Å². The minimum atomic E-state index is -4.34. The predicted octanol–water partition coefficient (Wildman–Crippen LogP) is 2.71. The van der Waals surface area contributed by atoms with Gasteiger partial charge in [0.25, 0.3) is 0 Å². The summed E-state index contributed by atoms with van der Waals surface area (Å²) in [4.78, 5) is 11.1. The molecule has 0 radical (unpaired) electrons. The standard InChI is InChI=1S/C12H11F3O3/c1-17-11(16)10-6-9(18-10)7-2-4-8(5-3-7)12(13,14)15/h2-5,9-10H,6H2,1H3. The van der Waals surface area contributed by atoms with Crippen molar-refractivity contribution in [2.75, 3.05) is 7.11 Å². The van der Waals surface area contributed by atoms with Crippen LogP contribution in [0.25, 0.3) is 0 Å². The highest BCUT2D eigenvalue weighted by Gasteiger charge is 2.38. The van der Waals surface area contributed by atoms with Gasteiger partial charge in [-0.25, -0.2) is 4.79 Å². The molecule has 0 spiro atoms. The minimum absolute atomic E-state index is 0.337. The van der Waals surface area contributed by atoms with Gasteiger partial charge in [0.1, 0.15) is 0 Å². The van der Waals surface area contributed by atoms with Gasteiger partial charge in [0.15, 0.2) is 6.10 Å². The molecule has 2 unspecified atom stereocenters. The van der Waals surface area contributed by atoms with Crippen molar-refractivity contribution in [1.29, 1.82) is 0 Å². The number of alkyl halides is 3. The van der Waals surface area contributed by atoms with Crippen LogP contribution in [0.15, 0.2) is 24.3 Å². The van der Waals surface area contributed by atoms with E-state index < -0.39 is 23.8 Å². The molecule has 6 heteroatoms. The maximum Gasteiger partial charge on any atom is 0.416 e. The number of halogens is 3. The summed E-state index contributed by atoms with van der Waals surface area (Å²) in [6.45, 7) is 0. The minimum Gasteiger partial charge on any atom is -0.467 e. The highest BCUT2D eigenvalue weighted by molar-refractivity contribution is 5.75. The van der Waals surface area contributed by atoms with Crippen LogP contribution < -0.4 is 0 Å². The Kier molecular flexibility index (Phi) is 3.30. The molecule has 1 aromatic carbocycles. The van der Waals surface area contributed by atoms with Crippen LogP contribution in [0.5, 0.6) is 0 Å². The average Bonchev–Trinajstić information content (AvgIpc) is 2.26. The Morgan fingerprint density at radius 3 is 2.33 bits per heavy atom. The van der Waals surface area contributed by atoms with Crippen LogP contribution in [0.3, 0.4) is 0 Å². The number of ether oxygens (including phenoxy) is 2. The van der Waals surface area contributed by atoms with Crippen molar-refractivity contribution < 1.29 is 27.4 Å². The third-order valence-electron chi connectivity index (χ3n) is 2.83. The maximum atomic E-state index is 12.3. The molecule has 1 fully saturated rings. The van der Waals surface area contributed by atoms with Gasteiger partial charge in [-0.2, -0.15) is 13.2 Å². The lowest BCUT2D eigenvalue weighted by atomic mass is 9.96. The van der Waals surface area contributed by atoms with E-state index in [1.807, 2.05) is 0 Å². The van der Waals surface area contributed by atoms with E-state index in [1.54, 1.807) is 0 Å². The lowest BCUT2D eigenvalue weighted by Crippen LogP contribution is -2.38. The van der Waals surface area contributed by atoms with Crippen LogP contribution in [0, 0.1) is 0 Å². The first-order valence-electron chi connectivity index (χ1n) is 5.32. The van der Waals surface area contributed by atoms with E-state index in [9.17, 15) is 18.0 Å². The Balaban J connectivity index is 1.99. The van der Waals surface area contributed by atoms with Crippen molar-refractivity contribution in [3.63, 3.8) is 0 Å². The average molecular weight is 260 g/mol. The summed E-state index contributed by atoms with van der Waals surface area (Å²) in [5, 5.41) is 0. The molecular weight excluding hydrogens is 249 g/mol. The smallest absolute Gasteiger partial charge is 0.416 e. The molecule has 2 atom stereocenters. The number of hydrogen-bond acceptors (Lipinski definition) is 3. The van der Waals surface area contributed by atoms with Gasteiger partial charge in [-0.05, 0) is 17.7 Å². The molecule has 1 aliphatic heterocycles. The molecular formula is C12H11F3O3. The topological polar surface area (TPSA) is 35.5 Å². The molecule has 2 rings (SSSR count). The fourth-order valence-electron chi connectivity index (χ4n) is 1.77. The first-order chi connectivity index (χ1) is 8.41. The van der Waals surface area contributed by atoms with Gasteiger partial charge in [-0.1, -0.05) is 12.1 Å². The van der Waals surface area contributed by atoms with E-state index in [0.29, 0.717) is 12.0 Å². The Labute approximate surface area is 102 Å². The summed E-state index contributed by atoms with van der Waals surface area (Å²) in [7, 11) is 1.26. The number of hydrogen-bond donors (Lipinski definition) is 0. The second-order valence-electron chi connectivity index (χ2n) is 3.99. The Bertz CT molecular complexity index is 433. The van der Waals surface area contributed by atoms with E-state index in [2.05, 4.69) is 4.74 Å². The summed E-state index contributed by atoms with van der Waals surface area (Å²) in [5.41, 5.74) is -0.0711. The van der Waals surface area contributed by atoms with Crippen LogP contribution in [0.4, 0.5) is 13.2 Å². The first kappa shape index (κ1) is 12.9. The quantitative estimate of drug-likeness (QED) is 0.767. The van der Waals surface area contributed by atoms with Crippen LogP contribution >= 0.6 is 0 Å². The van der Waals surface area contributed by atoms with Crippen molar-refractivity contribution in [3.05, 3.63) is 35.4 Å². The summed E-state index contributed by atoms with van der Waals surface area (Å²) in [5.74, 6) is -0.460. The number of carbonyl (C=O) groups excluding carboxylic acids is 1. The predicted molar refractivity (Wildman–Crippen MR) is 55.7 cm³/mol. The zero-order valence-electron chi connectivity index (χ0n) is 9.53. The molecule has 98 valence electrons. The van der Waals surface area contributed by atoms with E-state index in [4.69, 9.17) is 4.74 Å². The zero-order chi connectivity index (χ0) is 13.3. The van der Waals surface area contributed by atoms with Gasteiger partial charge >= 0.3 is 12.1 Å². The number of benzene rings is 1. The van der Waals surface area contributed by atoms with Crippen molar-refractivity contribution >= 4 is 5.97 Å². The van der Waals surface area contributed by atoms with E-state index in [-0.39, 0.29) is 6.10 Å². The Hall–Kier alpha value is -1.56. The number of carbonyl (C=O) groups is 1. The number of methoxy groups -OCH3 is 1. The second-order valence-corrected chi connectivity index (χ2v) is 3.99. The SMILES string of the molecule is COC(=O)C1CC(c2ccc(C(F)(F)F)cc2)O1. The molecule has 18 heavy (non-hydrogen) atoms. The Morgan fingerprint density at radius 2 is 1.89 bits per heavy atom. The molecule has 1 aromatic rings. The third kappa shape index (κ3) is 2.48. The molecule has 0 N–H and O–H groups in total. The maximum absolute atomic E-state index is 12.3. The van der Waals surface area contributed by atoms with Crippen molar-refractivity contribution in [2.45, 2.75) is 24.8 Å². The summed E-state index contributed by atoms with van der Waals surface area (Å²) < 4.78 is 46.8. The second kappa shape index (κ2) is 4.61. The summed E-state index contributed by atoms with van der Waals surface area (Å²) >= 11 is 0. The van der Waals surface area contributed by atoms with Crippen molar-refractivity contribution in [1.82, 2.24) is 0 Å². The lowest BCUT2D eigenvalue weighted by Gasteiger charge is -2.34. The van der Waals surface area contributed by atoms with Crippen LogP contribution in [-0.4, -0.2) is 19.2 Å². The van der Waals surface area contributed by atoms with Gasteiger partial charge in [-0.15, -0.1) is 0 Å². The highest BCUT2D eigenvalue weighted by Crippen LogP contribution is 2.37. The molecule has 1 aliphatic rings. The molecule has 1 heterocycles. The van der Waals surface area contributed by atoms with Gasteiger partial charge in [-0.3, -0.25) is 0 Å². The van der Waals surface area contributed by atoms with E-state index in [1.165, 1.54) is 19.2 Å². The Morgan fingerprint density at radius 1 is 1.33 bits per heavy atom. The fraction of sp³-hybridized carbons (Fsp3) is 0.417. The van der Waals surface area contributed by atoms with Gasteiger partial charge < -0.3 is 9.47 Å². The third-order valence-corrected chi connectivity index (χ3v) is 2.83. The van der Waals surface area contributed by atoms with Gasteiger partial charge in [0, 0.05) is 6.42 Å². The first-order valence-corrected chi connectivity index (χ1v) is 5.32. The summed E-state index contributed by atoms with van der Waals surface area (Å²) in [6.07, 6.45) is -4.86. The molecule has 0 saturated carbocycles. The van der Waals surface area contributed by atoms with Gasteiger partial charge in [0.2, 0.25) is 0 Å². The molecule has 3 nitrogen and oxygen atoms in total. The summed E-state index contributed by atoms with van der Waals surface area (Å²) in [6, 6.07) is 4.73. The van der Waals surface area contributed by atoms with Crippen LogP contribution in [0.1, 0.15) is 23.7 Å². The number of rotatable bonds is 2. The van der Waals surface area contributed by atoms with Crippen LogP contribution in [0.2, 0.25) is 0 Å². The van der Waals surface area contributed by atoms with Crippen LogP contribution in [-0.2, 0) is 20.4 Å². The molecule has 0 aromatic heterocycles. The normalized spacial score (nSPS) is 23.3. The monoisotopic (exact) mass is 260 g/mol. The highest BCUT2D eigenvalue weighted by atomic mass is 19.4. The fourth-order valence-corrected chi connectivity index (χ4v) is 1.77. The van der Waals surface area contributed by atoms with E-state index in [0.717, 1.165) is 12.1 Å². The largest absolute Gasteiger partial charge is 0.467 e. The molecule has 0 amide bonds.